The molecule has 3 N–H and O–H groups in total. The van der Waals surface area contributed by atoms with Crippen molar-refractivity contribution in [3.05, 3.63) is 101 Å². The van der Waals surface area contributed by atoms with E-state index in [4.69, 9.17) is 0 Å². The lowest BCUT2D eigenvalue weighted by molar-refractivity contribution is -0.147. The van der Waals surface area contributed by atoms with Gasteiger partial charge in [-0.2, -0.15) is 0 Å². The van der Waals surface area contributed by atoms with Crippen LogP contribution in [-0.2, 0) is 22.6 Å². The van der Waals surface area contributed by atoms with Crippen LogP contribution in [0.1, 0.15) is 46.6 Å². The highest BCUT2D eigenvalue weighted by atomic mass is 32.2. The monoisotopic (exact) mass is 560 g/mol. The number of rotatable bonds is 9. The average molecular weight is 561 g/mol. The second-order valence-corrected chi connectivity index (χ2v) is 12.2. The second kappa shape index (κ2) is 12.7. The molecule has 0 radical (unpaired) electrons. The summed E-state index contributed by atoms with van der Waals surface area (Å²) in [6.45, 7) is 7.98. The molecule has 210 valence electrons. The number of hydrogen-bond donors (Lipinski definition) is 3. The van der Waals surface area contributed by atoms with E-state index in [9.17, 15) is 19.5 Å². The summed E-state index contributed by atoms with van der Waals surface area (Å²) in [5.41, 5.74) is 4.01. The van der Waals surface area contributed by atoms with Crippen LogP contribution >= 0.6 is 11.8 Å². The second-order valence-electron chi connectivity index (χ2n) is 10.6. The summed E-state index contributed by atoms with van der Waals surface area (Å²) in [5, 5.41) is 17.2. The molecule has 8 nitrogen and oxygen atoms in total. The molecule has 0 spiro atoms. The smallest absolute Gasteiger partial charge is 0.254 e. The summed E-state index contributed by atoms with van der Waals surface area (Å²) >= 11 is 1.48. The largest absolute Gasteiger partial charge is 0.381 e. The number of aromatic nitrogens is 1. The lowest BCUT2D eigenvalue weighted by atomic mass is 9.97. The Morgan fingerprint density at radius 1 is 1.05 bits per heavy atom. The van der Waals surface area contributed by atoms with E-state index in [0.717, 1.165) is 22.4 Å². The number of benzene rings is 2. The summed E-state index contributed by atoms with van der Waals surface area (Å²) in [4.78, 5) is 45.9. The van der Waals surface area contributed by atoms with Gasteiger partial charge in [-0.15, -0.1) is 11.8 Å². The third-order valence-electron chi connectivity index (χ3n) is 7.21. The molecule has 4 rings (SSSR count). The fourth-order valence-corrected chi connectivity index (χ4v) is 5.95. The molecule has 0 aliphatic carbocycles. The number of aliphatic hydroxyl groups is 1. The number of aliphatic hydroxyl groups excluding tert-OH is 1. The van der Waals surface area contributed by atoms with Gasteiger partial charge in [0.25, 0.3) is 11.8 Å². The Morgan fingerprint density at radius 3 is 2.42 bits per heavy atom. The zero-order valence-electron chi connectivity index (χ0n) is 23.3. The van der Waals surface area contributed by atoms with Gasteiger partial charge in [-0.05, 0) is 62.9 Å². The van der Waals surface area contributed by atoms with E-state index < -0.39 is 34.7 Å². The Bertz CT molecular complexity index is 1350. The molecule has 40 heavy (non-hydrogen) atoms. The van der Waals surface area contributed by atoms with Gasteiger partial charge in [0.15, 0.2) is 6.10 Å². The van der Waals surface area contributed by atoms with Gasteiger partial charge in [0.1, 0.15) is 6.04 Å². The van der Waals surface area contributed by atoms with E-state index in [2.05, 4.69) is 15.6 Å². The Kier molecular flexibility index (Phi) is 9.27. The van der Waals surface area contributed by atoms with E-state index in [1.165, 1.54) is 22.9 Å². The van der Waals surface area contributed by atoms with Gasteiger partial charge in [0, 0.05) is 23.2 Å². The van der Waals surface area contributed by atoms with Crippen molar-refractivity contribution in [1.29, 1.82) is 0 Å². The molecule has 1 aromatic heterocycles. The Hall–Kier alpha value is -3.69. The predicted molar refractivity (Wildman–Crippen MR) is 157 cm³/mol. The standard InChI is InChI=1S/C31H36N4O4S/c1-20-10-8-9-13-23(20)17-33-29(38)27-31(3,4)40-19-35(27)30(39)26(36)25(16-22-11-6-5-7-12-22)34-28(37)24-15-14-21(2)32-18-24/h5-15,18,25-27,36H,16-17,19H2,1-4H3,(H,33,38)(H,34,37)/t25-,26-,27+/m0/s1. The van der Waals surface area contributed by atoms with Crippen LogP contribution in [0.15, 0.2) is 72.9 Å². The lowest BCUT2D eigenvalue weighted by Crippen LogP contribution is -2.58. The van der Waals surface area contributed by atoms with Crippen LogP contribution in [0.2, 0.25) is 0 Å². The maximum Gasteiger partial charge on any atom is 0.254 e. The zero-order valence-corrected chi connectivity index (χ0v) is 24.1. The number of amides is 3. The third-order valence-corrected chi connectivity index (χ3v) is 8.59. The van der Waals surface area contributed by atoms with Crippen molar-refractivity contribution in [3.8, 4) is 0 Å². The molecule has 0 unspecified atom stereocenters. The molecule has 1 saturated heterocycles. The summed E-state index contributed by atoms with van der Waals surface area (Å²) in [5.74, 6) is -1.08. The highest BCUT2D eigenvalue weighted by Gasteiger charge is 2.49. The maximum absolute atomic E-state index is 13.8. The Morgan fingerprint density at radius 2 is 1.75 bits per heavy atom. The summed E-state index contributed by atoms with van der Waals surface area (Å²) in [6.07, 6.45) is 0.129. The van der Waals surface area contributed by atoms with Crippen molar-refractivity contribution >= 4 is 29.5 Å². The summed E-state index contributed by atoms with van der Waals surface area (Å²) < 4.78 is -0.572. The van der Waals surface area contributed by atoms with Crippen molar-refractivity contribution in [2.45, 2.75) is 63.6 Å². The van der Waals surface area contributed by atoms with Crippen molar-refractivity contribution in [1.82, 2.24) is 20.5 Å². The van der Waals surface area contributed by atoms with Crippen LogP contribution in [-0.4, -0.2) is 61.5 Å². The van der Waals surface area contributed by atoms with E-state index >= 15 is 0 Å². The Labute approximate surface area is 239 Å². The topological polar surface area (TPSA) is 112 Å². The zero-order chi connectivity index (χ0) is 28.9. The molecule has 3 aromatic rings. The van der Waals surface area contributed by atoms with Gasteiger partial charge in [0.2, 0.25) is 5.91 Å². The quantitative estimate of drug-likeness (QED) is 0.370. The van der Waals surface area contributed by atoms with Crippen molar-refractivity contribution < 1.29 is 19.5 Å². The minimum absolute atomic E-state index is 0.229. The summed E-state index contributed by atoms with van der Waals surface area (Å²) in [7, 11) is 0. The van der Waals surface area contributed by atoms with Gasteiger partial charge in [-0.25, -0.2) is 0 Å². The first kappa shape index (κ1) is 29.3. The van der Waals surface area contributed by atoms with Crippen LogP contribution < -0.4 is 10.6 Å². The molecular formula is C31H36N4O4S. The number of nitrogens with one attached hydrogen (secondary N) is 2. The lowest BCUT2D eigenvalue weighted by Gasteiger charge is -2.33. The van der Waals surface area contributed by atoms with Gasteiger partial charge in [-0.1, -0.05) is 54.6 Å². The number of hydrogen-bond acceptors (Lipinski definition) is 6. The molecule has 1 aliphatic heterocycles. The predicted octanol–water partition coefficient (Wildman–Crippen LogP) is 3.40. The number of thioether (sulfide) groups is 1. The normalized spacial score (nSPS) is 17.6. The SMILES string of the molecule is Cc1ccc(C(=O)N[C@@H](Cc2ccccc2)[C@H](O)C(=O)N2CSC(C)(C)[C@H]2C(=O)NCc2ccccc2C)cn1. The Balaban J connectivity index is 1.54. The summed E-state index contributed by atoms with van der Waals surface area (Å²) in [6, 6.07) is 18.8. The van der Waals surface area contributed by atoms with Gasteiger partial charge >= 0.3 is 0 Å². The van der Waals surface area contributed by atoms with Crippen molar-refractivity contribution in [2.75, 3.05) is 5.88 Å². The first-order valence-electron chi connectivity index (χ1n) is 13.3. The minimum Gasteiger partial charge on any atom is -0.381 e. The van der Waals surface area contributed by atoms with Gasteiger partial charge < -0.3 is 20.6 Å². The highest BCUT2D eigenvalue weighted by molar-refractivity contribution is 8.00. The number of nitrogens with zero attached hydrogens (tertiary/aromatic N) is 2. The molecule has 2 aromatic carbocycles. The maximum atomic E-state index is 13.8. The van der Waals surface area contributed by atoms with Crippen LogP contribution in [0, 0.1) is 13.8 Å². The van der Waals surface area contributed by atoms with Crippen molar-refractivity contribution in [2.24, 2.45) is 0 Å². The fourth-order valence-electron chi connectivity index (χ4n) is 4.81. The first-order valence-corrected chi connectivity index (χ1v) is 14.3. The highest BCUT2D eigenvalue weighted by Crippen LogP contribution is 2.40. The van der Waals surface area contributed by atoms with Crippen LogP contribution in [0.25, 0.3) is 0 Å². The number of carbonyl (C=O) groups is 3. The molecule has 3 amide bonds. The van der Waals surface area contributed by atoms with E-state index in [1.807, 2.05) is 82.3 Å². The minimum atomic E-state index is -1.57. The molecule has 0 saturated carbocycles. The van der Waals surface area contributed by atoms with Gasteiger partial charge in [0.05, 0.1) is 17.5 Å². The van der Waals surface area contributed by atoms with E-state index in [-0.39, 0.29) is 18.2 Å². The number of pyridine rings is 1. The molecule has 9 heteroatoms. The first-order chi connectivity index (χ1) is 19.1. The number of carbonyl (C=O) groups excluding carboxylic acids is 3. The molecule has 1 fully saturated rings. The molecule has 3 atom stereocenters. The number of aryl methyl sites for hydroxylation is 2. The molecule has 1 aliphatic rings. The van der Waals surface area contributed by atoms with Crippen LogP contribution in [0.3, 0.4) is 0 Å². The third kappa shape index (κ3) is 6.89. The van der Waals surface area contributed by atoms with Crippen LogP contribution in [0.5, 0.6) is 0 Å². The molecule has 0 bridgehead atoms. The van der Waals surface area contributed by atoms with E-state index in [0.29, 0.717) is 12.1 Å². The average Bonchev–Trinajstić information content (AvgIpc) is 3.27. The van der Waals surface area contributed by atoms with E-state index in [1.54, 1.807) is 12.1 Å². The van der Waals surface area contributed by atoms with Crippen molar-refractivity contribution in [3.63, 3.8) is 0 Å². The van der Waals surface area contributed by atoms with Crippen LogP contribution in [0.4, 0.5) is 0 Å². The van der Waals surface area contributed by atoms with Gasteiger partial charge in [-0.3, -0.25) is 19.4 Å². The molecular weight excluding hydrogens is 524 g/mol. The fraction of sp³-hybridized carbons (Fsp3) is 0.355. The molecule has 2 heterocycles.